The summed E-state index contributed by atoms with van der Waals surface area (Å²) < 4.78 is 0. The maximum Gasteiger partial charge on any atom is 0.0213 e. The smallest absolute Gasteiger partial charge is 0.0213 e. The molecule has 1 heterocycles. The van der Waals surface area contributed by atoms with Crippen LogP contribution in [-0.4, -0.2) is 6.04 Å². The summed E-state index contributed by atoms with van der Waals surface area (Å²) >= 11 is 1.77. The van der Waals surface area contributed by atoms with Crippen molar-refractivity contribution in [1.82, 2.24) is 5.43 Å². The fourth-order valence-electron chi connectivity index (χ4n) is 1.90. The molecule has 2 nitrogen and oxygen atoms in total. The van der Waals surface area contributed by atoms with Gasteiger partial charge in [-0.1, -0.05) is 32.6 Å². The van der Waals surface area contributed by atoms with E-state index in [2.05, 4.69) is 29.2 Å². The molecule has 0 aliphatic heterocycles. The molecule has 0 aliphatic carbocycles. The molecule has 0 spiro atoms. The number of thiophene rings is 1. The van der Waals surface area contributed by atoms with Crippen molar-refractivity contribution in [3.05, 3.63) is 22.4 Å². The van der Waals surface area contributed by atoms with Gasteiger partial charge in [0.2, 0.25) is 0 Å². The molecule has 0 saturated heterocycles. The van der Waals surface area contributed by atoms with Crippen molar-refractivity contribution in [3.63, 3.8) is 0 Å². The first-order chi connectivity index (χ1) is 7.86. The molecule has 0 amide bonds. The van der Waals surface area contributed by atoms with Crippen LogP contribution in [0.2, 0.25) is 0 Å². The molecule has 1 aromatic heterocycles. The molecule has 3 N–H and O–H groups in total. The predicted octanol–water partition coefficient (Wildman–Crippen LogP) is 3.48. The highest BCUT2D eigenvalue weighted by molar-refractivity contribution is 7.07. The predicted molar refractivity (Wildman–Crippen MR) is 72.5 cm³/mol. The molecule has 1 unspecified atom stereocenters. The van der Waals surface area contributed by atoms with E-state index in [0.29, 0.717) is 6.04 Å². The maximum absolute atomic E-state index is 5.58. The van der Waals surface area contributed by atoms with Crippen LogP contribution < -0.4 is 11.3 Å². The molecule has 3 heteroatoms. The fourth-order valence-corrected chi connectivity index (χ4v) is 2.61. The number of nitrogens with one attached hydrogen (secondary N) is 1. The Bertz CT molecular complexity index is 246. The van der Waals surface area contributed by atoms with Crippen LogP contribution in [0, 0.1) is 0 Å². The highest BCUT2D eigenvalue weighted by Gasteiger charge is 2.06. The Labute approximate surface area is 103 Å². The fraction of sp³-hybridized carbons (Fsp3) is 0.692. The largest absolute Gasteiger partial charge is 0.271 e. The first-order valence-electron chi connectivity index (χ1n) is 6.34. The van der Waals surface area contributed by atoms with Crippen molar-refractivity contribution in [2.24, 2.45) is 5.84 Å². The molecule has 0 bridgehead atoms. The van der Waals surface area contributed by atoms with E-state index >= 15 is 0 Å². The minimum atomic E-state index is 0.483. The number of rotatable bonds is 9. The van der Waals surface area contributed by atoms with E-state index in [-0.39, 0.29) is 0 Å². The quantitative estimate of drug-likeness (QED) is 0.394. The number of aryl methyl sites for hydroxylation is 1. The second-order valence-electron chi connectivity index (χ2n) is 4.38. The van der Waals surface area contributed by atoms with Gasteiger partial charge < -0.3 is 0 Å². The van der Waals surface area contributed by atoms with E-state index in [1.807, 2.05) is 0 Å². The molecular weight excluding hydrogens is 216 g/mol. The van der Waals surface area contributed by atoms with Gasteiger partial charge in [0.15, 0.2) is 0 Å². The number of hydrogen-bond donors (Lipinski definition) is 2. The first kappa shape index (κ1) is 13.7. The van der Waals surface area contributed by atoms with Crippen LogP contribution in [0.1, 0.15) is 51.0 Å². The number of unbranched alkanes of at least 4 members (excludes halogenated alkanes) is 3. The van der Waals surface area contributed by atoms with E-state index < -0.39 is 0 Å². The van der Waals surface area contributed by atoms with Crippen LogP contribution in [0.4, 0.5) is 0 Å². The van der Waals surface area contributed by atoms with Gasteiger partial charge in [0.1, 0.15) is 0 Å². The van der Waals surface area contributed by atoms with Gasteiger partial charge in [0.05, 0.1) is 0 Å². The van der Waals surface area contributed by atoms with Crippen LogP contribution in [0.5, 0.6) is 0 Å². The summed E-state index contributed by atoms with van der Waals surface area (Å²) in [4.78, 5) is 0. The van der Waals surface area contributed by atoms with Crippen LogP contribution in [0.15, 0.2) is 16.8 Å². The molecule has 16 heavy (non-hydrogen) atoms. The topological polar surface area (TPSA) is 38.0 Å². The molecule has 1 aromatic rings. The molecule has 0 aliphatic rings. The minimum Gasteiger partial charge on any atom is -0.271 e. The van der Waals surface area contributed by atoms with Gasteiger partial charge in [-0.3, -0.25) is 11.3 Å². The van der Waals surface area contributed by atoms with Crippen LogP contribution >= 0.6 is 11.3 Å². The summed E-state index contributed by atoms with van der Waals surface area (Å²) in [6, 6.07) is 2.69. The van der Waals surface area contributed by atoms with Crippen molar-refractivity contribution >= 4 is 11.3 Å². The van der Waals surface area contributed by atoms with Crippen LogP contribution in [0.3, 0.4) is 0 Å². The third-order valence-corrected chi connectivity index (χ3v) is 3.74. The zero-order valence-corrected chi connectivity index (χ0v) is 11.1. The molecule has 0 fully saturated rings. The lowest BCUT2D eigenvalue weighted by atomic mass is 10.0. The third kappa shape index (κ3) is 5.64. The highest BCUT2D eigenvalue weighted by atomic mass is 32.1. The van der Waals surface area contributed by atoms with Crippen molar-refractivity contribution in [1.29, 1.82) is 0 Å². The second kappa shape index (κ2) is 8.74. The standard InChI is InChI=1S/C13H24N2S/c1-2-3-4-5-6-13(15-14)8-7-12-9-10-16-11-12/h9-11,13,15H,2-8,14H2,1H3. The lowest BCUT2D eigenvalue weighted by Crippen LogP contribution is -2.35. The summed E-state index contributed by atoms with van der Waals surface area (Å²) in [6.45, 7) is 2.25. The SMILES string of the molecule is CCCCCCC(CCc1ccsc1)NN. The Hall–Kier alpha value is -0.380. The Morgan fingerprint density at radius 1 is 1.31 bits per heavy atom. The summed E-state index contributed by atoms with van der Waals surface area (Å²) in [5, 5.41) is 4.37. The molecule has 92 valence electrons. The monoisotopic (exact) mass is 240 g/mol. The Kier molecular flexibility index (Phi) is 7.47. The van der Waals surface area contributed by atoms with Crippen molar-refractivity contribution in [2.45, 2.75) is 57.9 Å². The van der Waals surface area contributed by atoms with Crippen molar-refractivity contribution in [3.8, 4) is 0 Å². The average Bonchev–Trinajstić information content (AvgIpc) is 2.81. The number of hydrazine groups is 1. The van der Waals surface area contributed by atoms with Gasteiger partial charge >= 0.3 is 0 Å². The highest BCUT2D eigenvalue weighted by Crippen LogP contribution is 2.13. The van der Waals surface area contributed by atoms with Gasteiger partial charge in [0, 0.05) is 6.04 Å². The Balaban J connectivity index is 2.11. The number of nitrogens with two attached hydrogens (primary N) is 1. The average molecular weight is 240 g/mol. The van der Waals surface area contributed by atoms with E-state index in [4.69, 9.17) is 5.84 Å². The van der Waals surface area contributed by atoms with Gasteiger partial charge in [0.25, 0.3) is 0 Å². The molecule has 1 rings (SSSR count). The zero-order chi connectivity index (χ0) is 11.6. The van der Waals surface area contributed by atoms with Gasteiger partial charge in [-0.2, -0.15) is 11.3 Å². The summed E-state index contributed by atoms with van der Waals surface area (Å²) in [6.07, 6.45) is 8.79. The third-order valence-electron chi connectivity index (χ3n) is 3.00. The minimum absolute atomic E-state index is 0.483. The molecular formula is C13H24N2S. The molecule has 1 atom stereocenters. The second-order valence-corrected chi connectivity index (χ2v) is 5.16. The Morgan fingerprint density at radius 3 is 2.81 bits per heavy atom. The first-order valence-corrected chi connectivity index (χ1v) is 7.28. The van der Waals surface area contributed by atoms with E-state index in [1.54, 1.807) is 11.3 Å². The lowest BCUT2D eigenvalue weighted by molar-refractivity contribution is 0.441. The van der Waals surface area contributed by atoms with Crippen molar-refractivity contribution in [2.75, 3.05) is 0 Å². The molecule has 0 aromatic carbocycles. The summed E-state index contributed by atoms with van der Waals surface area (Å²) in [5.41, 5.74) is 4.39. The van der Waals surface area contributed by atoms with Gasteiger partial charge in [-0.25, -0.2) is 0 Å². The van der Waals surface area contributed by atoms with Gasteiger partial charge in [-0.05, 0) is 41.7 Å². The number of hydrogen-bond acceptors (Lipinski definition) is 3. The van der Waals surface area contributed by atoms with Crippen molar-refractivity contribution < 1.29 is 0 Å². The molecule has 0 radical (unpaired) electrons. The summed E-state index contributed by atoms with van der Waals surface area (Å²) in [7, 11) is 0. The van der Waals surface area contributed by atoms with E-state index in [0.717, 1.165) is 12.8 Å². The van der Waals surface area contributed by atoms with Crippen LogP contribution in [-0.2, 0) is 6.42 Å². The van der Waals surface area contributed by atoms with E-state index in [1.165, 1.54) is 37.7 Å². The molecule has 0 saturated carbocycles. The maximum atomic E-state index is 5.58. The van der Waals surface area contributed by atoms with Gasteiger partial charge in [-0.15, -0.1) is 0 Å². The zero-order valence-electron chi connectivity index (χ0n) is 10.2. The normalized spacial score (nSPS) is 12.9. The lowest BCUT2D eigenvalue weighted by Gasteiger charge is -2.15. The van der Waals surface area contributed by atoms with Crippen LogP contribution in [0.25, 0.3) is 0 Å². The Morgan fingerprint density at radius 2 is 2.19 bits per heavy atom. The van der Waals surface area contributed by atoms with E-state index in [9.17, 15) is 0 Å². The summed E-state index contributed by atoms with van der Waals surface area (Å²) in [5.74, 6) is 5.58.